The Labute approximate surface area is 206 Å². The van der Waals surface area contributed by atoms with E-state index in [1.165, 1.54) is 6.07 Å². The van der Waals surface area contributed by atoms with Crippen molar-refractivity contribution in [1.82, 2.24) is 20.1 Å². The highest BCUT2D eigenvalue weighted by Gasteiger charge is 2.30. The smallest absolute Gasteiger partial charge is 0.416 e. The Morgan fingerprint density at radius 1 is 1.06 bits per heavy atom. The van der Waals surface area contributed by atoms with Crippen molar-refractivity contribution in [3.63, 3.8) is 0 Å². The highest BCUT2D eigenvalue weighted by Crippen LogP contribution is 2.33. The number of thiazole rings is 1. The van der Waals surface area contributed by atoms with E-state index in [0.29, 0.717) is 33.6 Å². The number of carboxylic acid groups (broad SMARTS) is 1. The van der Waals surface area contributed by atoms with Crippen LogP contribution in [-0.4, -0.2) is 62.4 Å². The van der Waals surface area contributed by atoms with E-state index in [-0.39, 0.29) is 37.4 Å². The van der Waals surface area contributed by atoms with Gasteiger partial charge in [-0.05, 0) is 24.3 Å². The standard InChI is InChI=1S/C19H12F3N3O3S.C4H11NO2/c20-19(21,22)10-5-6-15-14(7-10)23-16(29-15)9-25-18(28)12-4-2-1-3-11(12)13(24-25)8-17(26)27;6-3-1-5-2-4-7/h1-7H,8-9H2,(H,26,27);5-7H,1-4H2. The molecule has 0 spiro atoms. The predicted octanol–water partition coefficient (Wildman–Crippen LogP) is 2.26. The van der Waals surface area contributed by atoms with Crippen LogP contribution in [0.4, 0.5) is 13.2 Å². The summed E-state index contributed by atoms with van der Waals surface area (Å²) in [5, 5.41) is 33.6. The molecular formula is C23H23F3N4O5S. The normalized spacial score (nSPS) is 11.5. The number of rotatable bonds is 8. The molecule has 36 heavy (non-hydrogen) atoms. The van der Waals surface area contributed by atoms with Gasteiger partial charge < -0.3 is 20.6 Å². The topological polar surface area (TPSA) is 138 Å². The van der Waals surface area contributed by atoms with Gasteiger partial charge in [-0.15, -0.1) is 11.3 Å². The Balaban J connectivity index is 0.000000454. The lowest BCUT2D eigenvalue weighted by Crippen LogP contribution is -2.26. The first-order valence-electron chi connectivity index (χ1n) is 10.7. The average molecular weight is 525 g/mol. The van der Waals surface area contributed by atoms with Crippen molar-refractivity contribution in [1.29, 1.82) is 0 Å². The molecule has 0 aliphatic rings. The molecule has 0 bridgehead atoms. The molecule has 0 aliphatic heterocycles. The maximum atomic E-state index is 12.9. The van der Waals surface area contributed by atoms with Crippen molar-refractivity contribution >= 4 is 38.3 Å². The van der Waals surface area contributed by atoms with Gasteiger partial charge in [-0.25, -0.2) is 9.67 Å². The summed E-state index contributed by atoms with van der Waals surface area (Å²) >= 11 is 1.15. The van der Waals surface area contributed by atoms with Crippen LogP contribution in [-0.2, 0) is 23.9 Å². The van der Waals surface area contributed by atoms with E-state index in [9.17, 15) is 22.8 Å². The monoisotopic (exact) mass is 524 g/mol. The summed E-state index contributed by atoms with van der Waals surface area (Å²) < 4.78 is 40.3. The molecule has 4 rings (SSSR count). The van der Waals surface area contributed by atoms with Crippen molar-refractivity contribution in [2.24, 2.45) is 0 Å². The summed E-state index contributed by atoms with van der Waals surface area (Å²) in [6.07, 6.45) is -4.84. The molecule has 2 aromatic carbocycles. The lowest BCUT2D eigenvalue weighted by molar-refractivity contribution is -0.138. The van der Waals surface area contributed by atoms with Crippen LogP contribution in [0.1, 0.15) is 16.3 Å². The van der Waals surface area contributed by atoms with Gasteiger partial charge in [0.25, 0.3) is 5.56 Å². The molecule has 2 aromatic heterocycles. The fraction of sp³-hybridized carbons (Fsp3) is 0.304. The fourth-order valence-corrected chi connectivity index (χ4v) is 4.25. The summed E-state index contributed by atoms with van der Waals surface area (Å²) in [4.78, 5) is 28.1. The van der Waals surface area contributed by atoms with Crippen LogP contribution in [0.2, 0.25) is 0 Å². The Bertz CT molecular complexity index is 1400. The first-order valence-corrected chi connectivity index (χ1v) is 11.5. The van der Waals surface area contributed by atoms with Crippen molar-refractivity contribution in [3.05, 3.63) is 69.1 Å². The number of nitrogens with zero attached hydrogens (tertiary/aromatic N) is 3. The summed E-state index contributed by atoms with van der Waals surface area (Å²) in [6.45, 7) is 1.35. The van der Waals surface area contributed by atoms with Crippen molar-refractivity contribution < 1.29 is 33.3 Å². The number of nitrogens with one attached hydrogen (secondary N) is 1. The van der Waals surface area contributed by atoms with Gasteiger partial charge in [0.1, 0.15) is 5.01 Å². The first kappa shape index (κ1) is 27.2. The van der Waals surface area contributed by atoms with E-state index in [2.05, 4.69) is 15.4 Å². The van der Waals surface area contributed by atoms with Gasteiger partial charge in [0.15, 0.2) is 0 Å². The summed E-state index contributed by atoms with van der Waals surface area (Å²) in [5.41, 5.74) is -0.816. The summed E-state index contributed by atoms with van der Waals surface area (Å²) in [7, 11) is 0. The third-order valence-electron chi connectivity index (χ3n) is 4.88. The molecule has 0 radical (unpaired) electrons. The van der Waals surface area contributed by atoms with E-state index in [0.717, 1.165) is 28.2 Å². The Kier molecular flexibility index (Phi) is 9.09. The fourth-order valence-electron chi connectivity index (χ4n) is 3.32. The van der Waals surface area contributed by atoms with Gasteiger partial charge >= 0.3 is 12.1 Å². The molecule has 2 heterocycles. The Morgan fingerprint density at radius 3 is 2.33 bits per heavy atom. The number of carboxylic acids is 1. The van der Waals surface area contributed by atoms with Gasteiger partial charge in [-0.1, -0.05) is 18.2 Å². The predicted molar refractivity (Wildman–Crippen MR) is 128 cm³/mol. The van der Waals surface area contributed by atoms with Crippen molar-refractivity contribution in [3.8, 4) is 0 Å². The summed E-state index contributed by atoms with van der Waals surface area (Å²) in [5.74, 6) is -1.09. The zero-order valence-electron chi connectivity index (χ0n) is 18.8. The lowest BCUT2D eigenvalue weighted by atomic mass is 10.1. The SMILES string of the molecule is O=C(O)Cc1nn(Cc2nc3cc(C(F)(F)F)ccc3s2)c(=O)c2ccccc12.OCCNCCO. The lowest BCUT2D eigenvalue weighted by Gasteiger charge is -2.08. The van der Waals surface area contributed by atoms with Crippen molar-refractivity contribution in [2.75, 3.05) is 26.3 Å². The van der Waals surface area contributed by atoms with Crippen LogP contribution in [0.5, 0.6) is 0 Å². The number of aliphatic carboxylic acids is 1. The molecule has 0 unspecified atom stereocenters. The number of halogens is 3. The highest BCUT2D eigenvalue weighted by molar-refractivity contribution is 7.18. The molecule has 0 saturated heterocycles. The molecule has 4 aromatic rings. The van der Waals surface area contributed by atoms with E-state index in [4.69, 9.17) is 15.3 Å². The van der Waals surface area contributed by atoms with E-state index in [1.807, 2.05) is 0 Å². The van der Waals surface area contributed by atoms with Crippen molar-refractivity contribution in [2.45, 2.75) is 19.1 Å². The number of carbonyl (C=O) groups is 1. The zero-order valence-corrected chi connectivity index (χ0v) is 19.6. The molecule has 192 valence electrons. The molecule has 13 heteroatoms. The summed E-state index contributed by atoms with van der Waals surface area (Å²) in [6, 6.07) is 9.83. The molecule has 9 nitrogen and oxygen atoms in total. The van der Waals surface area contributed by atoms with Gasteiger partial charge in [-0.2, -0.15) is 18.3 Å². The second kappa shape index (κ2) is 12.0. The van der Waals surface area contributed by atoms with E-state index in [1.54, 1.807) is 24.3 Å². The van der Waals surface area contributed by atoms with E-state index < -0.39 is 23.3 Å². The maximum absolute atomic E-state index is 12.9. The third kappa shape index (κ3) is 6.85. The van der Waals surface area contributed by atoms with Crippen LogP contribution in [0, 0.1) is 0 Å². The second-order valence-corrected chi connectivity index (χ2v) is 8.63. The first-order chi connectivity index (χ1) is 17.1. The zero-order chi connectivity index (χ0) is 26.3. The second-order valence-electron chi connectivity index (χ2n) is 7.51. The van der Waals surface area contributed by atoms with Gasteiger partial charge in [-0.3, -0.25) is 9.59 Å². The molecule has 4 N–H and O–H groups in total. The molecular weight excluding hydrogens is 501 g/mol. The van der Waals surface area contributed by atoms with Gasteiger partial charge in [0, 0.05) is 18.5 Å². The average Bonchev–Trinajstić information content (AvgIpc) is 3.24. The minimum absolute atomic E-state index is 0.0724. The van der Waals surface area contributed by atoms with Gasteiger partial charge in [0.2, 0.25) is 0 Å². The van der Waals surface area contributed by atoms with Crippen LogP contribution >= 0.6 is 11.3 Å². The Hall–Kier alpha value is -3.39. The molecule has 0 saturated carbocycles. The number of alkyl halides is 3. The van der Waals surface area contributed by atoms with Crippen LogP contribution in [0.15, 0.2) is 47.3 Å². The number of benzene rings is 2. The number of hydrogen-bond donors (Lipinski definition) is 4. The number of fused-ring (bicyclic) bond motifs is 2. The minimum Gasteiger partial charge on any atom is -0.481 e. The minimum atomic E-state index is -4.47. The largest absolute Gasteiger partial charge is 0.481 e. The van der Waals surface area contributed by atoms with E-state index >= 15 is 0 Å². The number of hydrogen-bond acceptors (Lipinski definition) is 8. The number of aliphatic hydroxyl groups excluding tert-OH is 2. The Morgan fingerprint density at radius 2 is 1.72 bits per heavy atom. The molecule has 0 amide bonds. The van der Waals surface area contributed by atoms with Crippen LogP contribution < -0.4 is 10.9 Å². The highest BCUT2D eigenvalue weighted by atomic mass is 32.1. The quantitative estimate of drug-likeness (QED) is 0.258. The number of aliphatic hydroxyl groups is 2. The molecule has 0 atom stereocenters. The number of aromatic nitrogens is 3. The third-order valence-corrected chi connectivity index (χ3v) is 5.91. The molecule has 0 fully saturated rings. The van der Waals surface area contributed by atoms with Crippen LogP contribution in [0.25, 0.3) is 21.0 Å². The maximum Gasteiger partial charge on any atom is 0.416 e. The van der Waals surface area contributed by atoms with Crippen LogP contribution in [0.3, 0.4) is 0 Å². The van der Waals surface area contributed by atoms with Gasteiger partial charge in [0.05, 0.1) is 53.0 Å². The molecule has 0 aliphatic carbocycles.